The lowest BCUT2D eigenvalue weighted by molar-refractivity contribution is 0.198. The van der Waals surface area contributed by atoms with Crippen molar-refractivity contribution in [2.24, 2.45) is 5.73 Å². The number of nitrogens with zero attached hydrogens (tertiary/aromatic N) is 1. The molecule has 0 aliphatic carbocycles. The summed E-state index contributed by atoms with van der Waals surface area (Å²) < 4.78 is 0.857. The number of hydrogen-bond donors (Lipinski definition) is 1. The van der Waals surface area contributed by atoms with Crippen LogP contribution in [-0.4, -0.2) is 24.0 Å². The average molecular weight is 245 g/mol. The second kappa shape index (κ2) is 4.83. The standard InChI is InChI=1S/C11H17ClN2S/c1-8-3-2-6-14(8)9(7-13)10-4-5-11(12)15-10/h4-5,8-9H,2-3,6-7,13H2,1H3. The maximum absolute atomic E-state index is 5.96. The van der Waals surface area contributed by atoms with Gasteiger partial charge in [0.2, 0.25) is 0 Å². The van der Waals surface area contributed by atoms with E-state index in [1.807, 2.05) is 6.07 Å². The molecule has 1 aliphatic heterocycles. The maximum atomic E-state index is 5.96. The summed E-state index contributed by atoms with van der Waals surface area (Å²) in [5, 5.41) is 0. The van der Waals surface area contributed by atoms with E-state index in [2.05, 4.69) is 17.9 Å². The van der Waals surface area contributed by atoms with Gasteiger partial charge in [0.1, 0.15) is 0 Å². The summed E-state index contributed by atoms with van der Waals surface area (Å²) in [5.74, 6) is 0. The summed E-state index contributed by atoms with van der Waals surface area (Å²) in [7, 11) is 0. The molecule has 2 rings (SSSR count). The Labute approximate surface area is 100 Å². The van der Waals surface area contributed by atoms with E-state index in [0.717, 1.165) is 4.34 Å². The summed E-state index contributed by atoms with van der Waals surface area (Å²) in [6, 6.07) is 5.08. The lowest BCUT2D eigenvalue weighted by Gasteiger charge is -2.29. The molecule has 2 heterocycles. The molecule has 15 heavy (non-hydrogen) atoms. The maximum Gasteiger partial charge on any atom is 0.0931 e. The molecule has 0 amide bonds. The van der Waals surface area contributed by atoms with Gasteiger partial charge < -0.3 is 5.73 Å². The summed E-state index contributed by atoms with van der Waals surface area (Å²) >= 11 is 7.62. The van der Waals surface area contributed by atoms with Crippen LogP contribution in [0.4, 0.5) is 0 Å². The summed E-state index contributed by atoms with van der Waals surface area (Å²) in [4.78, 5) is 3.80. The van der Waals surface area contributed by atoms with E-state index >= 15 is 0 Å². The fraction of sp³-hybridized carbons (Fsp3) is 0.636. The monoisotopic (exact) mass is 244 g/mol. The van der Waals surface area contributed by atoms with Gasteiger partial charge in [0.25, 0.3) is 0 Å². The van der Waals surface area contributed by atoms with E-state index in [4.69, 9.17) is 17.3 Å². The van der Waals surface area contributed by atoms with Gasteiger partial charge in [0, 0.05) is 17.5 Å². The predicted octanol–water partition coefficient (Wildman–Crippen LogP) is 2.89. The molecule has 0 radical (unpaired) electrons. The van der Waals surface area contributed by atoms with Gasteiger partial charge in [-0.05, 0) is 38.4 Å². The van der Waals surface area contributed by atoms with Crippen molar-refractivity contribution in [1.29, 1.82) is 0 Å². The van der Waals surface area contributed by atoms with Gasteiger partial charge in [-0.2, -0.15) is 0 Å². The average Bonchev–Trinajstić information content (AvgIpc) is 2.79. The number of rotatable bonds is 3. The van der Waals surface area contributed by atoms with Crippen molar-refractivity contribution in [1.82, 2.24) is 4.90 Å². The molecule has 0 bridgehead atoms. The first kappa shape index (κ1) is 11.4. The number of likely N-dealkylation sites (tertiary alicyclic amines) is 1. The molecule has 2 atom stereocenters. The minimum atomic E-state index is 0.361. The lowest BCUT2D eigenvalue weighted by Crippen LogP contribution is -2.35. The topological polar surface area (TPSA) is 29.3 Å². The number of thiophene rings is 1. The second-order valence-electron chi connectivity index (χ2n) is 4.12. The van der Waals surface area contributed by atoms with E-state index in [0.29, 0.717) is 18.6 Å². The zero-order valence-corrected chi connectivity index (χ0v) is 10.5. The van der Waals surface area contributed by atoms with Crippen LogP contribution in [0.15, 0.2) is 12.1 Å². The van der Waals surface area contributed by atoms with Crippen molar-refractivity contribution in [2.75, 3.05) is 13.1 Å². The first-order valence-corrected chi connectivity index (χ1v) is 6.63. The first-order chi connectivity index (χ1) is 7.22. The number of nitrogens with two attached hydrogens (primary N) is 1. The summed E-state index contributed by atoms with van der Waals surface area (Å²) in [6.45, 7) is 4.13. The molecule has 1 aromatic heterocycles. The number of halogens is 1. The van der Waals surface area contributed by atoms with E-state index in [-0.39, 0.29) is 0 Å². The van der Waals surface area contributed by atoms with E-state index < -0.39 is 0 Å². The molecular weight excluding hydrogens is 228 g/mol. The third kappa shape index (κ3) is 2.36. The Bertz CT molecular complexity index is 326. The van der Waals surface area contributed by atoms with Crippen molar-refractivity contribution >= 4 is 22.9 Å². The highest BCUT2D eigenvalue weighted by molar-refractivity contribution is 7.16. The molecule has 0 saturated carbocycles. The largest absolute Gasteiger partial charge is 0.329 e. The summed E-state index contributed by atoms with van der Waals surface area (Å²) in [5.41, 5.74) is 5.88. The van der Waals surface area contributed by atoms with Crippen LogP contribution in [0.3, 0.4) is 0 Å². The first-order valence-electron chi connectivity index (χ1n) is 5.43. The van der Waals surface area contributed by atoms with Gasteiger partial charge in [0.15, 0.2) is 0 Å². The Morgan fingerprint density at radius 2 is 2.47 bits per heavy atom. The van der Waals surface area contributed by atoms with Gasteiger partial charge in [-0.15, -0.1) is 11.3 Å². The molecule has 1 aromatic rings. The Kier molecular flexibility index (Phi) is 3.67. The third-order valence-electron chi connectivity index (χ3n) is 3.15. The quantitative estimate of drug-likeness (QED) is 0.886. The molecule has 1 aliphatic rings. The molecule has 2 N–H and O–H groups in total. The van der Waals surface area contributed by atoms with E-state index in [9.17, 15) is 0 Å². The second-order valence-corrected chi connectivity index (χ2v) is 5.87. The number of hydrogen-bond acceptors (Lipinski definition) is 3. The highest BCUT2D eigenvalue weighted by atomic mass is 35.5. The molecular formula is C11H17ClN2S. The van der Waals surface area contributed by atoms with Crippen LogP contribution in [0.2, 0.25) is 4.34 Å². The Morgan fingerprint density at radius 3 is 2.93 bits per heavy atom. The summed E-state index contributed by atoms with van der Waals surface area (Å²) in [6.07, 6.45) is 2.58. The van der Waals surface area contributed by atoms with Crippen LogP contribution in [0.25, 0.3) is 0 Å². The predicted molar refractivity (Wildman–Crippen MR) is 66.5 cm³/mol. The van der Waals surface area contributed by atoms with Crippen LogP contribution < -0.4 is 5.73 Å². The van der Waals surface area contributed by atoms with Gasteiger partial charge in [-0.25, -0.2) is 0 Å². The highest BCUT2D eigenvalue weighted by Gasteiger charge is 2.28. The van der Waals surface area contributed by atoms with Crippen LogP contribution in [0.5, 0.6) is 0 Å². The minimum Gasteiger partial charge on any atom is -0.329 e. The van der Waals surface area contributed by atoms with E-state index in [1.165, 1.54) is 24.3 Å². The molecule has 1 saturated heterocycles. The zero-order valence-electron chi connectivity index (χ0n) is 8.95. The third-order valence-corrected chi connectivity index (χ3v) is 4.48. The van der Waals surface area contributed by atoms with Crippen molar-refractivity contribution in [3.05, 3.63) is 21.3 Å². The Morgan fingerprint density at radius 1 is 1.67 bits per heavy atom. The van der Waals surface area contributed by atoms with E-state index in [1.54, 1.807) is 11.3 Å². The highest BCUT2D eigenvalue weighted by Crippen LogP contribution is 2.33. The molecule has 0 aromatic carbocycles. The van der Waals surface area contributed by atoms with Crippen molar-refractivity contribution in [2.45, 2.75) is 31.8 Å². The van der Waals surface area contributed by atoms with Crippen LogP contribution >= 0.6 is 22.9 Å². The minimum absolute atomic E-state index is 0.361. The lowest BCUT2D eigenvalue weighted by atomic mass is 10.2. The van der Waals surface area contributed by atoms with Gasteiger partial charge in [-0.1, -0.05) is 11.6 Å². The van der Waals surface area contributed by atoms with Gasteiger partial charge >= 0.3 is 0 Å². The van der Waals surface area contributed by atoms with Crippen molar-refractivity contribution in [3.63, 3.8) is 0 Å². The van der Waals surface area contributed by atoms with Crippen LogP contribution in [-0.2, 0) is 0 Å². The smallest absolute Gasteiger partial charge is 0.0931 e. The molecule has 0 spiro atoms. The fourth-order valence-electron chi connectivity index (χ4n) is 2.34. The zero-order chi connectivity index (χ0) is 10.8. The molecule has 1 fully saturated rings. The molecule has 2 nitrogen and oxygen atoms in total. The normalized spacial score (nSPS) is 24.6. The molecule has 2 unspecified atom stereocenters. The van der Waals surface area contributed by atoms with Crippen LogP contribution in [0, 0.1) is 0 Å². The molecule has 4 heteroatoms. The van der Waals surface area contributed by atoms with Gasteiger partial charge in [-0.3, -0.25) is 4.90 Å². The SMILES string of the molecule is CC1CCCN1C(CN)c1ccc(Cl)s1. The van der Waals surface area contributed by atoms with Crippen molar-refractivity contribution in [3.8, 4) is 0 Å². The fourth-order valence-corrected chi connectivity index (χ4v) is 3.54. The van der Waals surface area contributed by atoms with Gasteiger partial charge in [0.05, 0.1) is 10.4 Å². The van der Waals surface area contributed by atoms with Crippen molar-refractivity contribution < 1.29 is 0 Å². The Balaban J connectivity index is 2.16. The molecule has 84 valence electrons. The Hall–Kier alpha value is -0.0900. The van der Waals surface area contributed by atoms with Crippen LogP contribution in [0.1, 0.15) is 30.7 Å².